The van der Waals surface area contributed by atoms with Crippen LogP contribution >= 0.6 is 0 Å². The first-order valence-corrected chi connectivity index (χ1v) is 4.80. The second-order valence-electron chi connectivity index (χ2n) is 2.13. The largest absolute Gasteiger partial charge is 0.349 e. The molecule has 0 aromatic carbocycles. The molecule has 13 heavy (non-hydrogen) atoms. The standard InChI is InChI=1S/C8H10O4S/c1-4-6-7(3)8(9)12-13(10,11)5-2/h4-5H,1-3,6H2. The fourth-order valence-electron chi connectivity index (χ4n) is 0.456. The van der Waals surface area contributed by atoms with Gasteiger partial charge in [0.05, 0.1) is 5.41 Å². The van der Waals surface area contributed by atoms with Crippen LogP contribution in [0.15, 0.2) is 36.8 Å². The van der Waals surface area contributed by atoms with E-state index < -0.39 is 16.1 Å². The Morgan fingerprint density at radius 2 is 1.92 bits per heavy atom. The van der Waals surface area contributed by atoms with E-state index in [1.807, 2.05) is 0 Å². The van der Waals surface area contributed by atoms with Crippen LogP contribution in [-0.4, -0.2) is 14.4 Å². The molecule has 0 amide bonds. The van der Waals surface area contributed by atoms with Gasteiger partial charge in [-0.2, -0.15) is 8.42 Å². The Bertz CT molecular complexity index is 337. The molecular formula is C8H10O4S. The molecule has 0 fully saturated rings. The maximum Gasteiger partial charge on any atom is 0.349 e. The van der Waals surface area contributed by atoms with Crippen molar-refractivity contribution in [2.24, 2.45) is 0 Å². The van der Waals surface area contributed by atoms with Crippen LogP contribution in [0.2, 0.25) is 0 Å². The lowest BCUT2D eigenvalue weighted by Gasteiger charge is -2.01. The van der Waals surface area contributed by atoms with E-state index in [1.54, 1.807) is 0 Å². The van der Waals surface area contributed by atoms with Gasteiger partial charge < -0.3 is 4.18 Å². The number of rotatable bonds is 5. The Hall–Kier alpha value is -1.36. The van der Waals surface area contributed by atoms with Crippen LogP contribution in [0.25, 0.3) is 0 Å². The van der Waals surface area contributed by atoms with Crippen LogP contribution in [0.5, 0.6) is 0 Å². The van der Waals surface area contributed by atoms with Crippen molar-refractivity contribution in [1.82, 2.24) is 0 Å². The summed E-state index contributed by atoms with van der Waals surface area (Å²) in [5.41, 5.74) is 0.0282. The first-order chi connectivity index (χ1) is 5.93. The second kappa shape index (κ2) is 4.61. The Morgan fingerprint density at radius 3 is 2.31 bits per heavy atom. The van der Waals surface area contributed by atoms with Crippen molar-refractivity contribution in [2.75, 3.05) is 0 Å². The zero-order valence-corrected chi connectivity index (χ0v) is 7.84. The van der Waals surface area contributed by atoms with Crippen LogP contribution in [0.4, 0.5) is 0 Å². The predicted octanol–water partition coefficient (Wildman–Crippen LogP) is 1.14. The molecule has 0 rings (SSSR count). The van der Waals surface area contributed by atoms with Gasteiger partial charge in [-0.15, -0.1) is 6.58 Å². The highest BCUT2D eigenvalue weighted by atomic mass is 32.2. The predicted molar refractivity (Wildman–Crippen MR) is 49.2 cm³/mol. The van der Waals surface area contributed by atoms with Crippen LogP contribution in [-0.2, 0) is 19.1 Å². The summed E-state index contributed by atoms with van der Waals surface area (Å²) in [6, 6.07) is 0. The maximum atomic E-state index is 10.9. The maximum absolute atomic E-state index is 10.9. The molecule has 0 bridgehead atoms. The summed E-state index contributed by atoms with van der Waals surface area (Å²) in [6.07, 6.45) is 1.61. The highest BCUT2D eigenvalue weighted by Gasteiger charge is 2.14. The molecule has 0 atom stereocenters. The summed E-state index contributed by atoms with van der Waals surface area (Å²) in [5, 5.41) is 0.548. The lowest BCUT2D eigenvalue weighted by Crippen LogP contribution is -2.11. The van der Waals surface area contributed by atoms with Crippen molar-refractivity contribution >= 4 is 16.1 Å². The highest BCUT2D eigenvalue weighted by Crippen LogP contribution is 2.05. The molecule has 0 heterocycles. The van der Waals surface area contributed by atoms with Gasteiger partial charge >= 0.3 is 16.1 Å². The minimum absolute atomic E-state index is 0.0282. The van der Waals surface area contributed by atoms with E-state index in [1.165, 1.54) is 6.08 Å². The van der Waals surface area contributed by atoms with Crippen molar-refractivity contribution in [1.29, 1.82) is 0 Å². The molecule has 4 nitrogen and oxygen atoms in total. The van der Waals surface area contributed by atoms with Crippen LogP contribution in [0.3, 0.4) is 0 Å². The molecule has 0 unspecified atom stereocenters. The number of hydrogen-bond donors (Lipinski definition) is 0. The molecule has 0 N–H and O–H groups in total. The highest BCUT2D eigenvalue weighted by molar-refractivity contribution is 7.90. The topological polar surface area (TPSA) is 60.4 Å². The van der Waals surface area contributed by atoms with E-state index in [4.69, 9.17) is 0 Å². The second-order valence-corrected chi connectivity index (χ2v) is 3.61. The van der Waals surface area contributed by atoms with Crippen molar-refractivity contribution < 1.29 is 17.4 Å². The fourth-order valence-corrected chi connectivity index (χ4v) is 0.853. The molecule has 0 aliphatic heterocycles. The molecule has 0 aliphatic rings. The number of allylic oxidation sites excluding steroid dienone is 1. The van der Waals surface area contributed by atoms with Crippen molar-refractivity contribution in [3.63, 3.8) is 0 Å². The van der Waals surface area contributed by atoms with Gasteiger partial charge in [-0.05, 0) is 6.42 Å². The molecule has 0 aromatic rings. The SMILES string of the molecule is C=CCC(=C)C(=O)OS(=O)(=O)C=C. The van der Waals surface area contributed by atoms with E-state index in [0.717, 1.165) is 0 Å². The molecule has 0 aliphatic carbocycles. The monoisotopic (exact) mass is 202 g/mol. The first kappa shape index (κ1) is 11.6. The molecule has 5 heteroatoms. The van der Waals surface area contributed by atoms with E-state index in [-0.39, 0.29) is 12.0 Å². The molecule has 0 saturated heterocycles. The van der Waals surface area contributed by atoms with Gasteiger partial charge in [0.2, 0.25) is 0 Å². The summed E-state index contributed by atoms with van der Waals surface area (Å²) >= 11 is 0. The third-order valence-electron chi connectivity index (χ3n) is 1.08. The van der Waals surface area contributed by atoms with Gasteiger partial charge in [-0.25, -0.2) is 4.79 Å². The van der Waals surface area contributed by atoms with Gasteiger partial charge in [0, 0.05) is 5.57 Å². The zero-order chi connectivity index (χ0) is 10.5. The molecular weight excluding hydrogens is 192 g/mol. The van der Waals surface area contributed by atoms with Gasteiger partial charge in [-0.1, -0.05) is 19.2 Å². The van der Waals surface area contributed by atoms with Crippen molar-refractivity contribution in [3.8, 4) is 0 Å². The lowest BCUT2D eigenvalue weighted by molar-refractivity contribution is -0.129. The third kappa shape index (κ3) is 4.27. The van der Waals surface area contributed by atoms with Gasteiger partial charge in [-0.3, -0.25) is 0 Å². The van der Waals surface area contributed by atoms with Gasteiger partial charge in [0.15, 0.2) is 0 Å². The first-order valence-electron chi connectivity index (χ1n) is 3.33. The summed E-state index contributed by atoms with van der Waals surface area (Å²) < 4.78 is 25.5. The normalized spacial score (nSPS) is 10.2. The Morgan fingerprint density at radius 1 is 1.38 bits per heavy atom. The third-order valence-corrected chi connectivity index (χ3v) is 1.87. The van der Waals surface area contributed by atoms with E-state index in [2.05, 4.69) is 23.9 Å². The lowest BCUT2D eigenvalue weighted by atomic mass is 10.2. The molecule has 0 aromatic heterocycles. The Kier molecular flexibility index (Phi) is 4.13. The molecule has 0 radical (unpaired) electrons. The summed E-state index contributed by atoms with van der Waals surface area (Å²) in [6.45, 7) is 9.66. The summed E-state index contributed by atoms with van der Waals surface area (Å²) in [5.74, 6) is -0.986. The quantitative estimate of drug-likeness (QED) is 0.381. The van der Waals surface area contributed by atoms with E-state index >= 15 is 0 Å². The number of hydrogen-bond acceptors (Lipinski definition) is 4. The molecule has 72 valence electrons. The summed E-state index contributed by atoms with van der Waals surface area (Å²) in [4.78, 5) is 10.9. The van der Waals surface area contributed by atoms with Crippen LogP contribution < -0.4 is 0 Å². The van der Waals surface area contributed by atoms with E-state index in [0.29, 0.717) is 5.41 Å². The molecule has 0 spiro atoms. The number of carbonyl (C=O) groups excluding carboxylic acids is 1. The van der Waals surface area contributed by atoms with E-state index in [9.17, 15) is 13.2 Å². The average Bonchev–Trinajstić information content (AvgIpc) is 2.04. The average molecular weight is 202 g/mol. The fraction of sp³-hybridized carbons (Fsp3) is 0.125. The van der Waals surface area contributed by atoms with Gasteiger partial charge in [0.1, 0.15) is 0 Å². The van der Waals surface area contributed by atoms with Crippen LogP contribution in [0, 0.1) is 0 Å². The summed E-state index contributed by atoms with van der Waals surface area (Å²) in [7, 11) is -3.96. The van der Waals surface area contributed by atoms with Crippen molar-refractivity contribution in [3.05, 3.63) is 36.8 Å². The minimum atomic E-state index is -3.96. The van der Waals surface area contributed by atoms with Crippen molar-refractivity contribution in [2.45, 2.75) is 6.42 Å². The molecule has 0 saturated carbocycles. The number of carbonyl (C=O) groups is 1. The smallest absolute Gasteiger partial charge is 0.338 e. The zero-order valence-electron chi connectivity index (χ0n) is 7.02. The van der Waals surface area contributed by atoms with Gasteiger partial charge in [0.25, 0.3) is 0 Å². The van der Waals surface area contributed by atoms with Crippen LogP contribution in [0.1, 0.15) is 6.42 Å². The Labute approximate surface area is 77.3 Å². The minimum Gasteiger partial charge on any atom is -0.338 e. The Balaban J connectivity index is 4.41.